The van der Waals surface area contributed by atoms with Gasteiger partial charge in [-0.3, -0.25) is 5.10 Å². The molecular weight excluding hydrogens is 440 g/mol. The lowest BCUT2D eigenvalue weighted by Gasteiger charge is -2.26. The lowest BCUT2D eigenvalue weighted by atomic mass is 9.86. The summed E-state index contributed by atoms with van der Waals surface area (Å²) in [5.41, 5.74) is 4.19. The molecular formula is C28H40N4OS. The summed E-state index contributed by atoms with van der Waals surface area (Å²) in [5.74, 6) is 2.10. The number of hydrogen-bond donors (Lipinski definition) is 2. The molecule has 184 valence electrons. The zero-order valence-electron chi connectivity index (χ0n) is 21.5. The fraction of sp³-hybridized carbons (Fsp3) is 0.464. The maximum absolute atomic E-state index is 6.44. The Bertz CT molecular complexity index is 1000. The Morgan fingerprint density at radius 2 is 2.06 bits per heavy atom. The molecule has 2 aromatic rings. The molecule has 1 saturated carbocycles. The number of anilines is 2. The van der Waals surface area contributed by atoms with Gasteiger partial charge < -0.3 is 10.1 Å². The van der Waals surface area contributed by atoms with E-state index in [0.29, 0.717) is 12.5 Å². The van der Waals surface area contributed by atoms with Crippen LogP contribution in [0, 0.1) is 5.41 Å². The van der Waals surface area contributed by atoms with Crippen LogP contribution in [0.4, 0.5) is 11.5 Å². The molecule has 3 rings (SSSR count). The monoisotopic (exact) mass is 480 g/mol. The largest absolute Gasteiger partial charge is 0.490 e. The number of allylic oxidation sites excluding steroid dienone is 4. The Balaban J connectivity index is 0.00000199. The summed E-state index contributed by atoms with van der Waals surface area (Å²) < 4.78 is 10.2. The van der Waals surface area contributed by atoms with E-state index in [4.69, 9.17) is 17.2 Å². The van der Waals surface area contributed by atoms with Crippen molar-refractivity contribution in [3.8, 4) is 0 Å². The second-order valence-electron chi connectivity index (χ2n) is 9.36. The van der Waals surface area contributed by atoms with Crippen molar-refractivity contribution in [2.75, 3.05) is 5.32 Å². The normalized spacial score (nSPS) is 18.4. The van der Waals surface area contributed by atoms with Crippen molar-refractivity contribution in [1.29, 1.82) is 0 Å². The summed E-state index contributed by atoms with van der Waals surface area (Å²) in [5, 5.41) is 11.0. The van der Waals surface area contributed by atoms with Crippen LogP contribution in [-0.2, 0) is 23.7 Å². The SMILES string of the molecule is C=C(/C(=C\C=C/C)OC1CCC(c2cc(Nc3cccc(CN=S)c3)n[nH]2)C1)C(C)(C)C.CC. The molecule has 0 saturated heterocycles. The number of hydrogen-bond acceptors (Lipinski definition) is 5. The van der Waals surface area contributed by atoms with Crippen LogP contribution in [0.2, 0.25) is 0 Å². The number of H-pyrrole nitrogens is 1. The number of rotatable bonds is 9. The van der Waals surface area contributed by atoms with Crippen LogP contribution in [0.5, 0.6) is 0 Å². The minimum absolute atomic E-state index is 0.0356. The molecule has 6 heteroatoms. The van der Waals surface area contributed by atoms with Gasteiger partial charge in [-0.2, -0.15) is 5.10 Å². The van der Waals surface area contributed by atoms with Crippen LogP contribution in [0.3, 0.4) is 0 Å². The molecule has 1 aromatic heterocycles. The Morgan fingerprint density at radius 1 is 1.29 bits per heavy atom. The number of aromatic amines is 1. The van der Waals surface area contributed by atoms with Crippen LogP contribution < -0.4 is 5.32 Å². The fourth-order valence-electron chi connectivity index (χ4n) is 3.85. The lowest BCUT2D eigenvalue weighted by Crippen LogP contribution is -2.16. The molecule has 0 spiro atoms. The second kappa shape index (κ2) is 13.2. The quantitative estimate of drug-likeness (QED) is 0.281. The molecule has 1 aromatic carbocycles. The molecule has 0 aliphatic heterocycles. The van der Waals surface area contributed by atoms with Gasteiger partial charge in [0.25, 0.3) is 0 Å². The Morgan fingerprint density at radius 3 is 2.74 bits per heavy atom. The van der Waals surface area contributed by atoms with E-state index in [2.05, 4.69) is 53.3 Å². The van der Waals surface area contributed by atoms with E-state index >= 15 is 0 Å². The maximum atomic E-state index is 6.44. The first-order valence-electron chi connectivity index (χ1n) is 12.2. The number of nitrogens with one attached hydrogen (secondary N) is 2. The molecule has 2 N–H and O–H groups in total. The topological polar surface area (TPSA) is 62.3 Å². The summed E-state index contributed by atoms with van der Waals surface area (Å²) in [6.45, 7) is 17.3. The van der Waals surface area contributed by atoms with Crippen LogP contribution in [0.1, 0.15) is 78.0 Å². The molecule has 0 radical (unpaired) electrons. The minimum atomic E-state index is -0.0356. The number of aromatic nitrogens is 2. The van der Waals surface area contributed by atoms with Gasteiger partial charge in [-0.25, -0.2) is 4.36 Å². The predicted octanol–water partition coefficient (Wildman–Crippen LogP) is 8.13. The van der Waals surface area contributed by atoms with Crippen LogP contribution in [0.15, 0.2) is 70.8 Å². The first-order valence-corrected chi connectivity index (χ1v) is 12.6. The van der Waals surface area contributed by atoms with E-state index in [-0.39, 0.29) is 11.5 Å². The van der Waals surface area contributed by atoms with E-state index in [0.717, 1.165) is 53.4 Å². The summed E-state index contributed by atoms with van der Waals surface area (Å²) in [7, 11) is 0. The van der Waals surface area contributed by atoms with Gasteiger partial charge in [0.15, 0.2) is 5.82 Å². The summed E-state index contributed by atoms with van der Waals surface area (Å²) >= 11 is 4.73. The highest BCUT2D eigenvalue weighted by Crippen LogP contribution is 2.39. The molecule has 1 heterocycles. The van der Waals surface area contributed by atoms with Gasteiger partial charge in [-0.1, -0.05) is 65.5 Å². The third-order valence-electron chi connectivity index (χ3n) is 5.80. The van der Waals surface area contributed by atoms with E-state index in [1.807, 2.05) is 63.3 Å². The third kappa shape index (κ3) is 7.94. The molecule has 34 heavy (non-hydrogen) atoms. The predicted molar refractivity (Wildman–Crippen MR) is 146 cm³/mol. The Hall–Kier alpha value is -2.73. The van der Waals surface area contributed by atoms with Gasteiger partial charge in [-0.15, -0.1) is 0 Å². The highest BCUT2D eigenvalue weighted by atomic mass is 32.1. The van der Waals surface area contributed by atoms with Crippen LogP contribution in [-0.4, -0.2) is 16.3 Å². The van der Waals surface area contributed by atoms with E-state index < -0.39 is 0 Å². The smallest absolute Gasteiger partial charge is 0.152 e. The summed E-state index contributed by atoms with van der Waals surface area (Å²) in [6, 6.07) is 10.2. The zero-order chi connectivity index (χ0) is 25.1. The number of ether oxygens (including phenoxy) is 1. The molecule has 1 aliphatic carbocycles. The Kier molecular flexibility index (Phi) is 10.7. The van der Waals surface area contributed by atoms with Crippen molar-refractivity contribution in [2.24, 2.45) is 9.78 Å². The highest BCUT2D eigenvalue weighted by Gasteiger charge is 2.30. The van der Waals surface area contributed by atoms with E-state index in [1.54, 1.807) is 0 Å². The van der Waals surface area contributed by atoms with Crippen molar-refractivity contribution in [2.45, 2.75) is 79.4 Å². The van der Waals surface area contributed by atoms with Crippen LogP contribution >= 0.6 is 0 Å². The Labute approximate surface area is 211 Å². The first kappa shape index (κ1) is 27.5. The number of nitrogens with zero attached hydrogens (tertiary/aromatic N) is 2. The van der Waals surface area contributed by atoms with Crippen LogP contribution in [0.25, 0.3) is 0 Å². The standard InChI is InChI=1S/C26H34N4OS.C2H6/c1-6-7-11-24(18(2)26(3,4)5)31-22-13-12-20(15-22)23-16-25(30-29-23)28-21-10-8-9-19(14-21)17-27-32;1-2/h6-11,14,16,20,22H,2,12-13,15,17H2,1,3-5H3,(H2,28,29,30);1-2H3/b7-6-,24-11+;. The van der Waals surface area contributed by atoms with Crippen molar-refractivity contribution < 1.29 is 4.74 Å². The summed E-state index contributed by atoms with van der Waals surface area (Å²) in [6.07, 6.45) is 9.29. The van der Waals surface area contributed by atoms with Crippen molar-refractivity contribution in [3.63, 3.8) is 0 Å². The summed E-state index contributed by atoms with van der Waals surface area (Å²) in [4.78, 5) is 0. The molecule has 1 fully saturated rings. The average Bonchev–Trinajstić information content (AvgIpc) is 3.47. The minimum Gasteiger partial charge on any atom is -0.490 e. The van der Waals surface area contributed by atoms with Crippen molar-refractivity contribution >= 4 is 23.9 Å². The molecule has 0 amide bonds. The van der Waals surface area contributed by atoms with Crippen molar-refractivity contribution in [1.82, 2.24) is 10.2 Å². The number of benzene rings is 1. The van der Waals surface area contributed by atoms with Gasteiger partial charge in [0.2, 0.25) is 0 Å². The van der Waals surface area contributed by atoms with Gasteiger partial charge in [-0.05, 0) is 60.9 Å². The average molecular weight is 481 g/mol. The van der Waals surface area contributed by atoms with Gasteiger partial charge in [0.1, 0.15) is 5.76 Å². The molecule has 2 atom stereocenters. The molecule has 0 bridgehead atoms. The maximum Gasteiger partial charge on any atom is 0.152 e. The van der Waals surface area contributed by atoms with Crippen molar-refractivity contribution in [3.05, 3.63) is 77.7 Å². The first-order chi connectivity index (χ1) is 16.3. The van der Waals surface area contributed by atoms with Gasteiger partial charge in [0, 0.05) is 35.8 Å². The second-order valence-corrected chi connectivity index (χ2v) is 9.61. The molecule has 5 nitrogen and oxygen atoms in total. The third-order valence-corrected chi connectivity index (χ3v) is 5.93. The highest BCUT2D eigenvalue weighted by molar-refractivity contribution is 7.47. The fourth-order valence-corrected chi connectivity index (χ4v) is 4.00. The lowest BCUT2D eigenvalue weighted by molar-refractivity contribution is 0.121. The molecule has 2 unspecified atom stereocenters. The van der Waals surface area contributed by atoms with E-state index in [9.17, 15) is 0 Å². The van der Waals surface area contributed by atoms with E-state index in [1.165, 1.54) is 0 Å². The zero-order valence-corrected chi connectivity index (χ0v) is 22.3. The molecule has 1 aliphatic rings. The van der Waals surface area contributed by atoms with Gasteiger partial charge in [0.05, 0.1) is 12.6 Å². The van der Waals surface area contributed by atoms with Gasteiger partial charge >= 0.3 is 0 Å².